The van der Waals surface area contributed by atoms with Gasteiger partial charge in [-0.25, -0.2) is 0 Å². The van der Waals surface area contributed by atoms with E-state index in [4.69, 9.17) is 9.47 Å². The molecule has 6 heteroatoms. The molecule has 1 N–H and O–H groups in total. The lowest BCUT2D eigenvalue weighted by atomic mass is 10.1. The molecule has 1 saturated heterocycles. The Bertz CT molecular complexity index is 728. The average molecular weight is 359 g/mol. The third kappa shape index (κ3) is 4.75. The van der Waals surface area contributed by atoms with Crippen LogP contribution in [0.1, 0.15) is 38.9 Å². The van der Waals surface area contributed by atoms with Crippen molar-refractivity contribution in [3.8, 4) is 0 Å². The molecule has 0 unspecified atom stereocenters. The van der Waals surface area contributed by atoms with Crippen LogP contribution in [-0.2, 0) is 16.1 Å². The fourth-order valence-corrected chi connectivity index (χ4v) is 3.50. The second-order valence-corrected chi connectivity index (χ2v) is 6.95. The third-order valence-corrected chi connectivity index (χ3v) is 5.17. The molecule has 1 aliphatic rings. The molecule has 2 atom stereocenters. The second kappa shape index (κ2) is 8.38. The minimum atomic E-state index is -0.191. The van der Waals surface area contributed by atoms with Gasteiger partial charge in [-0.1, -0.05) is 30.3 Å². The molecule has 1 aromatic carbocycles. The zero-order valence-corrected chi connectivity index (χ0v) is 14.9. The van der Waals surface area contributed by atoms with Crippen molar-refractivity contribution in [3.63, 3.8) is 0 Å². The van der Waals surface area contributed by atoms with Crippen molar-refractivity contribution in [1.29, 1.82) is 0 Å². The summed E-state index contributed by atoms with van der Waals surface area (Å²) in [5, 5.41) is 4.74. The summed E-state index contributed by atoms with van der Waals surface area (Å²) in [7, 11) is 0. The summed E-state index contributed by atoms with van der Waals surface area (Å²) in [6.45, 7) is 3.03. The molecule has 0 spiro atoms. The topological polar surface area (TPSA) is 64.6 Å². The second-order valence-electron chi connectivity index (χ2n) is 6.03. The first-order valence-corrected chi connectivity index (χ1v) is 9.15. The molecule has 0 aliphatic carbocycles. The minimum Gasteiger partial charge on any atom is -0.379 e. The van der Waals surface area contributed by atoms with Crippen molar-refractivity contribution >= 4 is 23.0 Å². The first kappa shape index (κ1) is 17.8. The monoisotopic (exact) mass is 359 g/mol. The summed E-state index contributed by atoms with van der Waals surface area (Å²) < 4.78 is 11.5. The Morgan fingerprint density at radius 2 is 2.12 bits per heavy atom. The highest BCUT2D eigenvalue weighted by Crippen LogP contribution is 2.18. The number of ether oxygens (including phenoxy) is 2. The highest BCUT2D eigenvalue weighted by Gasteiger charge is 2.28. The van der Waals surface area contributed by atoms with Crippen LogP contribution in [0, 0.1) is 0 Å². The Morgan fingerprint density at radius 1 is 1.32 bits per heavy atom. The molecule has 132 valence electrons. The van der Waals surface area contributed by atoms with Gasteiger partial charge in [0.25, 0.3) is 5.91 Å². The maximum Gasteiger partial charge on any atom is 0.252 e. The van der Waals surface area contributed by atoms with Crippen LogP contribution in [0.3, 0.4) is 0 Å². The number of amides is 1. The van der Waals surface area contributed by atoms with Gasteiger partial charge in [-0.05, 0) is 25.0 Å². The molecule has 1 aromatic heterocycles. The lowest BCUT2D eigenvalue weighted by Gasteiger charge is -2.32. The van der Waals surface area contributed by atoms with Gasteiger partial charge in [0.2, 0.25) is 0 Å². The Balaban J connectivity index is 1.60. The van der Waals surface area contributed by atoms with Crippen molar-refractivity contribution in [1.82, 2.24) is 5.32 Å². The molecule has 0 bridgehead atoms. The SMILES string of the molecule is CC(=O)c1cc(C(=O)N[C@@H]2CCOC[C@H]2OCc2ccccc2)cs1. The van der Waals surface area contributed by atoms with Crippen molar-refractivity contribution in [2.45, 2.75) is 32.1 Å². The maximum atomic E-state index is 12.5. The van der Waals surface area contributed by atoms with Crippen LogP contribution in [0.5, 0.6) is 0 Å². The molecule has 0 saturated carbocycles. The Morgan fingerprint density at radius 3 is 2.84 bits per heavy atom. The number of carbonyl (C=O) groups excluding carboxylic acids is 2. The smallest absolute Gasteiger partial charge is 0.252 e. The number of ketones is 1. The third-order valence-electron chi connectivity index (χ3n) is 4.14. The summed E-state index contributed by atoms with van der Waals surface area (Å²) in [6, 6.07) is 11.5. The number of carbonyl (C=O) groups is 2. The van der Waals surface area contributed by atoms with E-state index < -0.39 is 0 Å². The molecule has 1 amide bonds. The molecule has 1 fully saturated rings. The number of benzene rings is 1. The fourth-order valence-electron chi connectivity index (χ4n) is 2.71. The largest absolute Gasteiger partial charge is 0.379 e. The van der Waals surface area contributed by atoms with Crippen LogP contribution in [0.4, 0.5) is 0 Å². The van der Waals surface area contributed by atoms with Crippen LogP contribution >= 0.6 is 11.3 Å². The predicted octanol–water partition coefficient (Wildman–Crippen LogP) is 3.05. The summed E-state index contributed by atoms with van der Waals surface area (Å²) in [4.78, 5) is 24.4. The molecule has 2 aromatic rings. The molecule has 25 heavy (non-hydrogen) atoms. The molecule has 1 aliphatic heterocycles. The standard InChI is InChI=1S/C19H21NO4S/c1-13(21)18-9-15(12-25-18)19(22)20-16-7-8-23-11-17(16)24-10-14-5-3-2-4-6-14/h2-6,9,12,16-17H,7-8,10-11H2,1H3,(H,20,22)/t16-,17-/m1/s1. The van der Waals surface area contributed by atoms with Gasteiger partial charge < -0.3 is 14.8 Å². The lowest BCUT2D eigenvalue weighted by Crippen LogP contribution is -2.49. The number of hydrogen-bond acceptors (Lipinski definition) is 5. The first-order chi connectivity index (χ1) is 12.1. The fraction of sp³-hybridized carbons (Fsp3) is 0.368. The van der Waals surface area contributed by atoms with E-state index in [9.17, 15) is 9.59 Å². The van der Waals surface area contributed by atoms with E-state index in [1.807, 2.05) is 30.3 Å². The number of Topliss-reactive ketones (excluding diaryl/α,β-unsaturated/α-hetero) is 1. The van der Waals surface area contributed by atoms with E-state index in [1.54, 1.807) is 11.4 Å². The van der Waals surface area contributed by atoms with E-state index in [0.717, 1.165) is 5.56 Å². The van der Waals surface area contributed by atoms with Crippen molar-refractivity contribution in [2.24, 2.45) is 0 Å². The zero-order valence-electron chi connectivity index (χ0n) is 14.1. The average Bonchev–Trinajstić information content (AvgIpc) is 3.12. The zero-order chi connectivity index (χ0) is 17.6. The lowest BCUT2D eigenvalue weighted by molar-refractivity contribution is -0.0736. The minimum absolute atomic E-state index is 0.0285. The summed E-state index contributed by atoms with van der Waals surface area (Å²) >= 11 is 1.29. The molecular formula is C19H21NO4S. The van der Waals surface area contributed by atoms with E-state index in [2.05, 4.69) is 5.32 Å². The molecule has 3 rings (SSSR count). The van der Waals surface area contributed by atoms with E-state index >= 15 is 0 Å². The first-order valence-electron chi connectivity index (χ1n) is 8.27. The molecule has 2 heterocycles. The van der Waals surface area contributed by atoms with Gasteiger partial charge >= 0.3 is 0 Å². The van der Waals surface area contributed by atoms with Gasteiger partial charge in [-0.15, -0.1) is 11.3 Å². The van der Waals surface area contributed by atoms with Crippen molar-refractivity contribution in [3.05, 3.63) is 57.8 Å². The Hall–Kier alpha value is -2.02. The van der Waals surface area contributed by atoms with E-state index in [0.29, 0.717) is 36.7 Å². The summed E-state index contributed by atoms with van der Waals surface area (Å²) in [6.07, 6.45) is 0.512. The number of hydrogen-bond donors (Lipinski definition) is 1. The van der Waals surface area contributed by atoms with Gasteiger partial charge in [-0.3, -0.25) is 9.59 Å². The van der Waals surface area contributed by atoms with Crippen molar-refractivity contribution in [2.75, 3.05) is 13.2 Å². The molecule has 5 nitrogen and oxygen atoms in total. The van der Waals surface area contributed by atoms with Gasteiger partial charge in [0.15, 0.2) is 5.78 Å². The van der Waals surface area contributed by atoms with Crippen LogP contribution in [-0.4, -0.2) is 37.0 Å². The van der Waals surface area contributed by atoms with Crippen LogP contribution < -0.4 is 5.32 Å². The van der Waals surface area contributed by atoms with E-state index in [-0.39, 0.29) is 23.8 Å². The van der Waals surface area contributed by atoms with Gasteiger partial charge in [0.05, 0.1) is 29.7 Å². The van der Waals surface area contributed by atoms with Crippen LogP contribution in [0.15, 0.2) is 41.8 Å². The summed E-state index contributed by atoms with van der Waals surface area (Å²) in [5.74, 6) is -0.205. The Labute approximate surface area is 151 Å². The predicted molar refractivity (Wildman–Crippen MR) is 96.0 cm³/mol. The molecule has 0 radical (unpaired) electrons. The van der Waals surface area contributed by atoms with Crippen molar-refractivity contribution < 1.29 is 19.1 Å². The van der Waals surface area contributed by atoms with Crippen LogP contribution in [0.25, 0.3) is 0 Å². The van der Waals surface area contributed by atoms with Gasteiger partial charge in [0.1, 0.15) is 6.10 Å². The highest BCUT2D eigenvalue weighted by atomic mass is 32.1. The quantitative estimate of drug-likeness (QED) is 0.805. The Kier molecular flexibility index (Phi) is 5.96. The number of nitrogens with one attached hydrogen (secondary N) is 1. The maximum absolute atomic E-state index is 12.5. The molecular weight excluding hydrogens is 338 g/mol. The van der Waals surface area contributed by atoms with Crippen LogP contribution in [0.2, 0.25) is 0 Å². The van der Waals surface area contributed by atoms with Gasteiger partial charge in [0, 0.05) is 12.0 Å². The number of rotatable bonds is 6. The van der Waals surface area contributed by atoms with E-state index in [1.165, 1.54) is 18.3 Å². The number of thiophene rings is 1. The van der Waals surface area contributed by atoms with Gasteiger partial charge in [-0.2, -0.15) is 0 Å². The summed E-state index contributed by atoms with van der Waals surface area (Å²) in [5.41, 5.74) is 1.60. The highest BCUT2D eigenvalue weighted by molar-refractivity contribution is 7.12. The normalized spacial score (nSPS) is 20.2.